The van der Waals surface area contributed by atoms with Crippen LogP contribution in [0.25, 0.3) is 0 Å². The van der Waals surface area contributed by atoms with Crippen molar-refractivity contribution in [2.24, 2.45) is 0 Å². The van der Waals surface area contributed by atoms with E-state index < -0.39 is 17.7 Å². The Balaban J connectivity index is 2.18. The Labute approximate surface area is 124 Å². The number of benzene rings is 2. The summed E-state index contributed by atoms with van der Waals surface area (Å²) < 4.78 is 27.2. The van der Waals surface area contributed by atoms with Crippen molar-refractivity contribution < 1.29 is 13.9 Å². The fourth-order valence-electron chi connectivity index (χ4n) is 2.30. The zero-order valence-corrected chi connectivity index (χ0v) is 12.5. The monoisotopic (exact) mass is 290 g/mol. The van der Waals surface area contributed by atoms with E-state index in [4.69, 9.17) is 0 Å². The normalized spacial score (nSPS) is 13.2. The number of aliphatic hydroxyl groups excluding tert-OH is 1. The number of halogens is 2. The molecule has 0 aliphatic heterocycles. The molecule has 0 bridgehead atoms. The van der Waals surface area contributed by atoms with Crippen LogP contribution in [0.1, 0.15) is 43.6 Å². The first-order valence-electron chi connectivity index (χ1n) is 7.00. The van der Waals surface area contributed by atoms with Crippen molar-refractivity contribution >= 4 is 0 Å². The van der Waals surface area contributed by atoms with Crippen LogP contribution in [0.4, 0.5) is 8.78 Å². The molecule has 21 heavy (non-hydrogen) atoms. The van der Waals surface area contributed by atoms with Crippen molar-refractivity contribution in [3.05, 3.63) is 70.8 Å². The first-order valence-corrected chi connectivity index (χ1v) is 7.00. The average Bonchev–Trinajstić information content (AvgIpc) is 2.38. The number of rotatable bonds is 3. The molecule has 0 aliphatic rings. The molecule has 1 atom stereocenters. The molecule has 0 aliphatic carbocycles. The molecule has 2 aromatic rings. The minimum atomic E-state index is -1.19. The van der Waals surface area contributed by atoms with Gasteiger partial charge in [0.2, 0.25) is 0 Å². The lowest BCUT2D eigenvalue weighted by atomic mass is 9.86. The zero-order valence-electron chi connectivity index (χ0n) is 12.5. The fraction of sp³-hybridized carbons (Fsp3) is 0.333. The van der Waals surface area contributed by atoms with Crippen LogP contribution in [0.2, 0.25) is 0 Å². The Hall–Kier alpha value is -1.74. The van der Waals surface area contributed by atoms with Gasteiger partial charge in [-0.25, -0.2) is 8.78 Å². The van der Waals surface area contributed by atoms with Crippen LogP contribution in [-0.2, 0) is 11.8 Å². The van der Waals surface area contributed by atoms with Crippen molar-refractivity contribution in [3.63, 3.8) is 0 Å². The number of hydrogen-bond donors (Lipinski definition) is 1. The van der Waals surface area contributed by atoms with Crippen LogP contribution in [0, 0.1) is 11.6 Å². The maximum Gasteiger partial charge on any atom is 0.131 e. The topological polar surface area (TPSA) is 20.2 Å². The van der Waals surface area contributed by atoms with E-state index in [1.54, 1.807) is 0 Å². The van der Waals surface area contributed by atoms with Crippen LogP contribution in [0.3, 0.4) is 0 Å². The van der Waals surface area contributed by atoms with Gasteiger partial charge in [-0.15, -0.1) is 0 Å². The minimum absolute atomic E-state index is 0.0504. The van der Waals surface area contributed by atoms with Gasteiger partial charge in [-0.3, -0.25) is 0 Å². The average molecular weight is 290 g/mol. The molecular formula is C18H20F2O. The molecular weight excluding hydrogens is 270 g/mol. The molecule has 0 radical (unpaired) electrons. The van der Waals surface area contributed by atoms with Gasteiger partial charge in [0.15, 0.2) is 0 Å². The summed E-state index contributed by atoms with van der Waals surface area (Å²) in [4.78, 5) is 0. The second-order valence-electron chi connectivity index (χ2n) is 6.30. The van der Waals surface area contributed by atoms with E-state index in [2.05, 4.69) is 20.8 Å². The minimum Gasteiger partial charge on any atom is -0.388 e. The largest absolute Gasteiger partial charge is 0.388 e. The van der Waals surface area contributed by atoms with Crippen molar-refractivity contribution in [2.45, 2.75) is 38.7 Å². The third-order valence-corrected chi connectivity index (χ3v) is 3.58. The summed E-state index contributed by atoms with van der Waals surface area (Å²) in [6.45, 7) is 6.35. The van der Waals surface area contributed by atoms with E-state index in [0.29, 0.717) is 0 Å². The summed E-state index contributed by atoms with van der Waals surface area (Å²) in [6, 6.07) is 11.4. The van der Waals surface area contributed by atoms with Crippen molar-refractivity contribution in [1.82, 2.24) is 0 Å². The second-order valence-corrected chi connectivity index (χ2v) is 6.30. The molecule has 1 unspecified atom stereocenters. The first kappa shape index (κ1) is 15.6. The number of hydrogen-bond acceptors (Lipinski definition) is 1. The smallest absolute Gasteiger partial charge is 0.131 e. The summed E-state index contributed by atoms with van der Waals surface area (Å²) in [5.41, 5.74) is 1.81. The molecule has 0 fully saturated rings. The van der Waals surface area contributed by atoms with E-state index in [1.807, 2.05) is 24.3 Å². The Morgan fingerprint density at radius 2 is 1.48 bits per heavy atom. The zero-order chi connectivity index (χ0) is 15.6. The van der Waals surface area contributed by atoms with E-state index in [9.17, 15) is 13.9 Å². The van der Waals surface area contributed by atoms with Gasteiger partial charge in [0.1, 0.15) is 11.6 Å². The summed E-state index contributed by atoms with van der Waals surface area (Å²) >= 11 is 0. The van der Waals surface area contributed by atoms with Gasteiger partial charge in [0.05, 0.1) is 11.7 Å². The Morgan fingerprint density at radius 3 is 1.95 bits per heavy atom. The lowest BCUT2D eigenvalue weighted by molar-refractivity contribution is 0.168. The number of aliphatic hydroxyl groups is 1. The van der Waals surface area contributed by atoms with Crippen LogP contribution >= 0.6 is 0 Å². The van der Waals surface area contributed by atoms with Crippen LogP contribution in [-0.4, -0.2) is 5.11 Å². The third-order valence-electron chi connectivity index (χ3n) is 3.58. The predicted octanol–water partition coefficient (Wildman–Crippen LogP) is 4.54. The molecule has 1 N–H and O–H groups in total. The molecule has 3 heteroatoms. The Morgan fingerprint density at radius 1 is 0.952 bits per heavy atom. The lowest BCUT2D eigenvalue weighted by Crippen LogP contribution is -2.11. The van der Waals surface area contributed by atoms with E-state index in [1.165, 1.54) is 11.6 Å². The quantitative estimate of drug-likeness (QED) is 0.880. The van der Waals surface area contributed by atoms with Crippen molar-refractivity contribution in [2.75, 3.05) is 0 Å². The van der Waals surface area contributed by atoms with Gasteiger partial charge in [-0.05, 0) is 28.7 Å². The van der Waals surface area contributed by atoms with Gasteiger partial charge < -0.3 is 5.11 Å². The van der Waals surface area contributed by atoms with Crippen molar-refractivity contribution in [3.8, 4) is 0 Å². The van der Waals surface area contributed by atoms with Crippen LogP contribution < -0.4 is 0 Å². The van der Waals surface area contributed by atoms with E-state index in [-0.39, 0.29) is 17.4 Å². The van der Waals surface area contributed by atoms with E-state index >= 15 is 0 Å². The standard InChI is InChI=1S/C18H20F2O/c1-18(2,3)13-9-7-12(8-10-13)11-16(21)17-14(19)5-4-6-15(17)20/h4-10,16,21H,11H2,1-3H3. The lowest BCUT2D eigenvalue weighted by Gasteiger charge is -2.19. The molecule has 0 spiro atoms. The van der Waals surface area contributed by atoms with Gasteiger partial charge in [0, 0.05) is 6.42 Å². The highest BCUT2D eigenvalue weighted by Gasteiger charge is 2.19. The molecule has 0 saturated carbocycles. The van der Waals surface area contributed by atoms with Crippen molar-refractivity contribution in [1.29, 1.82) is 0 Å². The Bertz CT molecular complexity index is 592. The highest BCUT2D eigenvalue weighted by molar-refractivity contribution is 5.30. The molecule has 0 heterocycles. The molecule has 0 saturated heterocycles. The summed E-state index contributed by atoms with van der Waals surface area (Å²) in [7, 11) is 0. The fourth-order valence-corrected chi connectivity index (χ4v) is 2.30. The molecule has 1 nitrogen and oxygen atoms in total. The maximum atomic E-state index is 13.6. The molecule has 112 valence electrons. The Kier molecular flexibility index (Phi) is 4.43. The van der Waals surface area contributed by atoms with Crippen LogP contribution in [0.5, 0.6) is 0 Å². The molecule has 0 aromatic heterocycles. The predicted molar refractivity (Wildman–Crippen MR) is 80.2 cm³/mol. The van der Waals surface area contributed by atoms with Gasteiger partial charge in [0.25, 0.3) is 0 Å². The van der Waals surface area contributed by atoms with Gasteiger partial charge in [-0.1, -0.05) is 51.1 Å². The van der Waals surface area contributed by atoms with E-state index in [0.717, 1.165) is 17.7 Å². The summed E-state index contributed by atoms with van der Waals surface area (Å²) in [5, 5.41) is 10.1. The highest BCUT2D eigenvalue weighted by atomic mass is 19.1. The van der Waals surface area contributed by atoms with Crippen LogP contribution in [0.15, 0.2) is 42.5 Å². The summed E-state index contributed by atoms with van der Waals surface area (Å²) in [5.74, 6) is -1.43. The second kappa shape index (κ2) is 5.94. The summed E-state index contributed by atoms with van der Waals surface area (Å²) in [6.07, 6.45) is -1.01. The maximum absolute atomic E-state index is 13.6. The first-order chi connectivity index (χ1) is 9.79. The molecule has 0 amide bonds. The SMILES string of the molecule is CC(C)(C)c1ccc(CC(O)c2c(F)cccc2F)cc1. The van der Waals surface area contributed by atoms with Gasteiger partial charge in [-0.2, -0.15) is 0 Å². The highest BCUT2D eigenvalue weighted by Crippen LogP contribution is 2.26. The molecule has 2 aromatic carbocycles. The molecule has 2 rings (SSSR count). The van der Waals surface area contributed by atoms with Gasteiger partial charge >= 0.3 is 0 Å². The third kappa shape index (κ3) is 3.67.